The second-order valence-electron chi connectivity index (χ2n) is 7.12. The lowest BCUT2D eigenvalue weighted by molar-refractivity contribution is 0.304. The van der Waals surface area contributed by atoms with Crippen molar-refractivity contribution in [2.75, 3.05) is 6.61 Å². The monoisotopic (exact) mass is 391 g/mol. The summed E-state index contributed by atoms with van der Waals surface area (Å²) in [4.78, 5) is 25.7. The van der Waals surface area contributed by atoms with E-state index in [1.54, 1.807) is 15.9 Å². The molecular weight excluding hydrogens is 370 g/mol. The normalized spacial score (nSPS) is 13.8. The summed E-state index contributed by atoms with van der Waals surface area (Å²) in [5, 5.41) is 1.64. The Labute approximate surface area is 166 Å². The maximum atomic E-state index is 13.6. The van der Waals surface area contributed by atoms with Gasteiger partial charge < -0.3 is 4.74 Å². The van der Waals surface area contributed by atoms with Crippen LogP contribution in [0.3, 0.4) is 0 Å². The van der Waals surface area contributed by atoms with Gasteiger partial charge in [-0.25, -0.2) is 9.55 Å². The van der Waals surface area contributed by atoms with Crippen LogP contribution in [-0.2, 0) is 12.8 Å². The molecule has 142 valence electrons. The molecule has 3 aromatic heterocycles. The van der Waals surface area contributed by atoms with Gasteiger partial charge in [-0.15, -0.1) is 11.3 Å². The molecule has 0 unspecified atom stereocenters. The number of pyridine rings is 1. The molecule has 0 atom stereocenters. The van der Waals surface area contributed by atoms with Crippen LogP contribution in [-0.4, -0.2) is 21.1 Å². The maximum Gasteiger partial charge on any atom is 0.304 e. The standard InChI is InChI=1S/C22H21N3O2S/c1-3-27-22-24-19-17(21(26)25(22)14-9-5-4-6-10-14)13(2)23-20-18(19)15-11-7-8-12-16(15)28-20/h4-6,9-10H,3,7-8,11-12H2,1-2H3. The zero-order valence-electron chi connectivity index (χ0n) is 16.0. The minimum Gasteiger partial charge on any atom is -0.465 e. The number of fused-ring (bicyclic) bond motifs is 5. The van der Waals surface area contributed by atoms with Crippen LogP contribution in [0.4, 0.5) is 0 Å². The van der Waals surface area contributed by atoms with Gasteiger partial charge in [0.25, 0.3) is 5.56 Å². The van der Waals surface area contributed by atoms with Crippen molar-refractivity contribution in [3.05, 3.63) is 56.8 Å². The van der Waals surface area contributed by atoms with Gasteiger partial charge in [-0.3, -0.25) is 4.79 Å². The Balaban J connectivity index is 1.93. The van der Waals surface area contributed by atoms with E-state index in [2.05, 4.69) is 0 Å². The Morgan fingerprint density at radius 2 is 1.89 bits per heavy atom. The lowest BCUT2D eigenvalue weighted by atomic mass is 9.96. The van der Waals surface area contributed by atoms with Gasteiger partial charge in [-0.05, 0) is 57.2 Å². The van der Waals surface area contributed by atoms with Crippen molar-refractivity contribution in [1.29, 1.82) is 0 Å². The van der Waals surface area contributed by atoms with E-state index in [1.165, 1.54) is 23.3 Å². The fourth-order valence-corrected chi connectivity index (χ4v) is 5.43. The summed E-state index contributed by atoms with van der Waals surface area (Å²) in [5.74, 6) is 0. The second-order valence-corrected chi connectivity index (χ2v) is 8.20. The summed E-state index contributed by atoms with van der Waals surface area (Å²) in [6.45, 7) is 4.25. The van der Waals surface area contributed by atoms with Crippen LogP contribution in [0.25, 0.3) is 26.8 Å². The van der Waals surface area contributed by atoms with Gasteiger partial charge in [0.2, 0.25) is 0 Å². The molecule has 4 aromatic rings. The average molecular weight is 391 g/mol. The molecule has 1 aliphatic carbocycles. The van der Waals surface area contributed by atoms with Crippen molar-refractivity contribution in [2.45, 2.75) is 39.5 Å². The molecule has 5 rings (SSSR count). The van der Waals surface area contributed by atoms with Crippen LogP contribution >= 0.6 is 11.3 Å². The van der Waals surface area contributed by atoms with E-state index in [-0.39, 0.29) is 5.56 Å². The molecule has 3 heterocycles. The fourth-order valence-electron chi connectivity index (χ4n) is 4.12. The SMILES string of the molecule is CCOc1nc2c(c(C)nc3sc4c(c32)CCCC4)c(=O)n1-c1ccccc1. The van der Waals surface area contributed by atoms with Crippen molar-refractivity contribution in [3.8, 4) is 11.7 Å². The summed E-state index contributed by atoms with van der Waals surface area (Å²) < 4.78 is 7.39. The fraction of sp³-hybridized carbons (Fsp3) is 0.318. The van der Waals surface area contributed by atoms with E-state index in [4.69, 9.17) is 14.7 Å². The van der Waals surface area contributed by atoms with Crippen LogP contribution in [0.5, 0.6) is 6.01 Å². The Hall–Kier alpha value is -2.73. The zero-order chi connectivity index (χ0) is 19.3. The number of aromatic nitrogens is 3. The molecule has 0 bridgehead atoms. The molecule has 0 radical (unpaired) electrons. The van der Waals surface area contributed by atoms with Gasteiger partial charge in [-0.1, -0.05) is 18.2 Å². The summed E-state index contributed by atoms with van der Waals surface area (Å²) in [6, 6.07) is 9.87. The predicted octanol–water partition coefficient (Wildman–Crippen LogP) is 4.58. The summed E-state index contributed by atoms with van der Waals surface area (Å²) in [6.07, 6.45) is 4.52. The van der Waals surface area contributed by atoms with Crippen molar-refractivity contribution in [1.82, 2.24) is 14.5 Å². The Morgan fingerprint density at radius 1 is 1.11 bits per heavy atom. The second kappa shape index (κ2) is 6.71. The largest absolute Gasteiger partial charge is 0.465 e. The van der Waals surface area contributed by atoms with Gasteiger partial charge in [0.15, 0.2) is 0 Å². The van der Waals surface area contributed by atoms with E-state index >= 15 is 0 Å². The van der Waals surface area contributed by atoms with Gasteiger partial charge in [0, 0.05) is 10.3 Å². The Kier molecular flexibility index (Phi) is 4.16. The molecule has 0 saturated heterocycles. The molecule has 1 aliphatic rings. The van der Waals surface area contributed by atoms with Crippen molar-refractivity contribution >= 4 is 32.5 Å². The topological polar surface area (TPSA) is 57.0 Å². The number of hydrogen-bond donors (Lipinski definition) is 0. The van der Waals surface area contributed by atoms with E-state index in [1.807, 2.05) is 44.2 Å². The Morgan fingerprint density at radius 3 is 2.68 bits per heavy atom. The quantitative estimate of drug-likeness (QED) is 0.513. The van der Waals surface area contributed by atoms with Gasteiger partial charge >= 0.3 is 6.01 Å². The van der Waals surface area contributed by atoms with Crippen LogP contribution in [0.1, 0.15) is 35.9 Å². The molecule has 1 aromatic carbocycles. The van der Waals surface area contributed by atoms with Crippen LogP contribution in [0, 0.1) is 6.92 Å². The minimum atomic E-state index is -0.123. The third kappa shape index (κ3) is 2.55. The third-order valence-electron chi connectivity index (χ3n) is 5.36. The lowest BCUT2D eigenvalue weighted by Gasteiger charge is -2.15. The summed E-state index contributed by atoms with van der Waals surface area (Å²) in [5.41, 5.74) is 3.42. The molecule has 0 amide bonds. The Bertz CT molecular complexity index is 1260. The average Bonchev–Trinajstić information content (AvgIpc) is 3.07. The van der Waals surface area contributed by atoms with Gasteiger partial charge in [-0.2, -0.15) is 4.98 Å². The smallest absolute Gasteiger partial charge is 0.304 e. The maximum absolute atomic E-state index is 13.6. The van der Waals surface area contributed by atoms with Gasteiger partial charge in [0.05, 0.1) is 28.9 Å². The molecular formula is C22H21N3O2S. The highest BCUT2D eigenvalue weighted by molar-refractivity contribution is 7.19. The zero-order valence-corrected chi connectivity index (χ0v) is 16.8. The highest BCUT2D eigenvalue weighted by Crippen LogP contribution is 2.39. The highest BCUT2D eigenvalue weighted by atomic mass is 32.1. The third-order valence-corrected chi connectivity index (χ3v) is 6.55. The van der Waals surface area contributed by atoms with Crippen molar-refractivity contribution < 1.29 is 4.74 Å². The van der Waals surface area contributed by atoms with Crippen LogP contribution < -0.4 is 10.3 Å². The number of benzene rings is 1. The molecule has 0 N–H and O–H groups in total. The number of hydrogen-bond acceptors (Lipinski definition) is 5. The molecule has 5 nitrogen and oxygen atoms in total. The van der Waals surface area contributed by atoms with Crippen LogP contribution in [0.15, 0.2) is 35.1 Å². The first-order valence-corrected chi connectivity index (χ1v) is 10.6. The van der Waals surface area contributed by atoms with E-state index in [9.17, 15) is 4.79 Å². The number of ether oxygens (including phenoxy) is 1. The molecule has 0 saturated carbocycles. The molecule has 0 aliphatic heterocycles. The number of rotatable bonds is 3. The molecule has 0 fully saturated rings. The van der Waals surface area contributed by atoms with Crippen LogP contribution in [0.2, 0.25) is 0 Å². The number of aryl methyl sites for hydroxylation is 3. The summed E-state index contributed by atoms with van der Waals surface area (Å²) in [7, 11) is 0. The molecule has 0 spiro atoms. The predicted molar refractivity (Wildman–Crippen MR) is 113 cm³/mol. The van der Waals surface area contributed by atoms with E-state index in [0.29, 0.717) is 18.0 Å². The molecule has 28 heavy (non-hydrogen) atoms. The number of nitrogens with zero attached hydrogens (tertiary/aromatic N) is 3. The van der Waals surface area contributed by atoms with E-state index in [0.717, 1.165) is 40.0 Å². The van der Waals surface area contributed by atoms with E-state index < -0.39 is 0 Å². The summed E-state index contributed by atoms with van der Waals surface area (Å²) >= 11 is 1.75. The van der Waals surface area contributed by atoms with Crippen molar-refractivity contribution in [3.63, 3.8) is 0 Å². The number of thiophene rings is 1. The molecule has 6 heteroatoms. The van der Waals surface area contributed by atoms with Gasteiger partial charge in [0.1, 0.15) is 4.83 Å². The first-order valence-electron chi connectivity index (χ1n) is 9.75. The first kappa shape index (κ1) is 17.4. The number of para-hydroxylation sites is 1. The minimum absolute atomic E-state index is 0.123. The lowest BCUT2D eigenvalue weighted by Crippen LogP contribution is -2.23. The highest BCUT2D eigenvalue weighted by Gasteiger charge is 2.24. The van der Waals surface area contributed by atoms with Crippen molar-refractivity contribution in [2.24, 2.45) is 0 Å². The first-order chi connectivity index (χ1) is 13.7.